The first-order valence-corrected chi connectivity index (χ1v) is 8.54. The Bertz CT molecular complexity index is 886. The van der Waals surface area contributed by atoms with Crippen molar-refractivity contribution in [3.63, 3.8) is 0 Å². The SMILES string of the molecule is N#CC1CCN(c2ccncc2-n2ccnc2-c2ccccc2)CC1. The Kier molecular flexibility index (Phi) is 4.17. The molecule has 0 spiro atoms. The molecule has 5 heteroatoms. The summed E-state index contributed by atoms with van der Waals surface area (Å²) < 4.78 is 2.09. The minimum atomic E-state index is 0.176. The smallest absolute Gasteiger partial charge is 0.144 e. The second-order valence-electron chi connectivity index (χ2n) is 6.24. The van der Waals surface area contributed by atoms with Crippen LogP contribution in [0, 0.1) is 17.2 Å². The molecule has 1 aliphatic heterocycles. The topological polar surface area (TPSA) is 57.7 Å². The number of benzene rings is 1. The van der Waals surface area contributed by atoms with E-state index in [-0.39, 0.29) is 5.92 Å². The lowest BCUT2D eigenvalue weighted by molar-refractivity contribution is 0.487. The van der Waals surface area contributed by atoms with Gasteiger partial charge in [0.15, 0.2) is 0 Å². The molecule has 0 aliphatic carbocycles. The molecular formula is C20H19N5. The maximum atomic E-state index is 9.12. The summed E-state index contributed by atoms with van der Waals surface area (Å²) in [6.07, 6.45) is 9.33. The van der Waals surface area contributed by atoms with E-state index in [4.69, 9.17) is 5.26 Å². The molecule has 4 rings (SSSR count). The molecule has 0 amide bonds. The summed E-state index contributed by atoms with van der Waals surface area (Å²) in [5.74, 6) is 1.08. The molecule has 0 N–H and O–H groups in total. The molecule has 1 fully saturated rings. The van der Waals surface area contributed by atoms with E-state index in [0.29, 0.717) is 0 Å². The molecule has 1 aliphatic rings. The number of pyridine rings is 1. The minimum Gasteiger partial charge on any atom is -0.370 e. The highest BCUT2D eigenvalue weighted by Crippen LogP contribution is 2.30. The number of aromatic nitrogens is 3. The van der Waals surface area contributed by atoms with Crippen molar-refractivity contribution in [1.82, 2.24) is 14.5 Å². The zero-order valence-corrected chi connectivity index (χ0v) is 13.9. The van der Waals surface area contributed by atoms with Crippen molar-refractivity contribution in [2.24, 2.45) is 5.92 Å². The number of nitrogens with zero attached hydrogens (tertiary/aromatic N) is 5. The third-order valence-electron chi connectivity index (χ3n) is 4.73. The predicted octanol–water partition coefficient (Wildman–Crippen LogP) is 3.67. The van der Waals surface area contributed by atoms with Crippen LogP contribution in [0.5, 0.6) is 0 Å². The second-order valence-corrected chi connectivity index (χ2v) is 6.24. The Morgan fingerprint density at radius 3 is 2.56 bits per heavy atom. The molecule has 5 nitrogen and oxygen atoms in total. The summed E-state index contributed by atoms with van der Waals surface area (Å²) in [6, 6.07) is 14.6. The van der Waals surface area contributed by atoms with Crippen LogP contribution in [0.3, 0.4) is 0 Å². The van der Waals surface area contributed by atoms with Crippen LogP contribution in [0.25, 0.3) is 17.1 Å². The highest BCUT2D eigenvalue weighted by molar-refractivity contribution is 5.67. The number of hydrogen-bond donors (Lipinski definition) is 0. The number of rotatable bonds is 3. The normalized spacial score (nSPS) is 15.1. The maximum Gasteiger partial charge on any atom is 0.144 e. The Hall–Kier alpha value is -3.13. The number of piperidine rings is 1. The van der Waals surface area contributed by atoms with Gasteiger partial charge in [-0.3, -0.25) is 9.55 Å². The van der Waals surface area contributed by atoms with Gasteiger partial charge in [0, 0.05) is 43.2 Å². The largest absolute Gasteiger partial charge is 0.370 e. The zero-order chi connectivity index (χ0) is 17.1. The minimum absolute atomic E-state index is 0.176. The first-order chi connectivity index (χ1) is 12.4. The molecule has 2 aromatic heterocycles. The summed E-state index contributed by atoms with van der Waals surface area (Å²) in [4.78, 5) is 11.2. The molecule has 0 radical (unpaired) electrons. The van der Waals surface area contributed by atoms with E-state index in [1.54, 1.807) is 0 Å². The average Bonchev–Trinajstić information content (AvgIpc) is 3.18. The van der Waals surface area contributed by atoms with Gasteiger partial charge in [-0.05, 0) is 18.9 Å². The van der Waals surface area contributed by atoms with Crippen LogP contribution >= 0.6 is 0 Å². The monoisotopic (exact) mass is 329 g/mol. The van der Waals surface area contributed by atoms with Crippen LogP contribution in [0.1, 0.15) is 12.8 Å². The molecule has 0 unspecified atom stereocenters. The van der Waals surface area contributed by atoms with Crippen molar-refractivity contribution >= 4 is 5.69 Å². The van der Waals surface area contributed by atoms with Crippen molar-refractivity contribution in [3.05, 3.63) is 61.2 Å². The first-order valence-electron chi connectivity index (χ1n) is 8.54. The lowest BCUT2D eigenvalue weighted by Gasteiger charge is -2.32. The van der Waals surface area contributed by atoms with Crippen molar-refractivity contribution in [2.45, 2.75) is 12.8 Å². The van der Waals surface area contributed by atoms with Gasteiger partial charge in [0.25, 0.3) is 0 Å². The summed E-state index contributed by atoms with van der Waals surface area (Å²) in [7, 11) is 0. The third-order valence-corrected chi connectivity index (χ3v) is 4.73. The summed E-state index contributed by atoms with van der Waals surface area (Å²) in [5, 5.41) is 9.12. The van der Waals surface area contributed by atoms with Crippen LogP contribution in [-0.4, -0.2) is 27.6 Å². The van der Waals surface area contributed by atoms with Crippen LogP contribution in [0.15, 0.2) is 61.2 Å². The highest BCUT2D eigenvalue weighted by atomic mass is 15.2. The molecule has 0 saturated carbocycles. The fraction of sp³-hybridized carbons (Fsp3) is 0.250. The Morgan fingerprint density at radius 1 is 1.00 bits per heavy atom. The van der Waals surface area contributed by atoms with Crippen LogP contribution in [0.4, 0.5) is 5.69 Å². The van der Waals surface area contributed by atoms with E-state index in [1.807, 2.05) is 43.0 Å². The lowest BCUT2D eigenvalue weighted by atomic mass is 9.98. The average molecular weight is 329 g/mol. The van der Waals surface area contributed by atoms with E-state index in [1.165, 1.54) is 0 Å². The van der Waals surface area contributed by atoms with Gasteiger partial charge in [-0.1, -0.05) is 30.3 Å². The molecular weight excluding hydrogens is 310 g/mol. The number of imidazole rings is 1. The van der Waals surface area contributed by atoms with Gasteiger partial charge >= 0.3 is 0 Å². The zero-order valence-electron chi connectivity index (χ0n) is 13.9. The van der Waals surface area contributed by atoms with Gasteiger partial charge < -0.3 is 4.90 Å². The van der Waals surface area contributed by atoms with Gasteiger partial charge in [0.1, 0.15) is 5.82 Å². The second kappa shape index (κ2) is 6.78. The van der Waals surface area contributed by atoms with Gasteiger partial charge in [-0.25, -0.2) is 4.98 Å². The van der Waals surface area contributed by atoms with E-state index in [0.717, 1.165) is 48.7 Å². The number of anilines is 1. The van der Waals surface area contributed by atoms with Crippen molar-refractivity contribution in [3.8, 4) is 23.1 Å². The molecule has 25 heavy (non-hydrogen) atoms. The fourth-order valence-corrected chi connectivity index (χ4v) is 3.38. The molecule has 3 heterocycles. The molecule has 0 bridgehead atoms. The van der Waals surface area contributed by atoms with Gasteiger partial charge in [-0.15, -0.1) is 0 Å². The summed E-state index contributed by atoms with van der Waals surface area (Å²) in [5.41, 5.74) is 3.24. The van der Waals surface area contributed by atoms with Gasteiger partial charge in [-0.2, -0.15) is 5.26 Å². The summed E-state index contributed by atoms with van der Waals surface area (Å²) >= 11 is 0. The molecule has 1 saturated heterocycles. The fourth-order valence-electron chi connectivity index (χ4n) is 3.38. The number of nitriles is 1. The van der Waals surface area contributed by atoms with Crippen molar-refractivity contribution in [2.75, 3.05) is 18.0 Å². The molecule has 124 valence electrons. The standard InChI is InChI=1S/C20H19N5/c21-14-16-7-11-24(12-8-16)18-6-9-22-15-19(18)25-13-10-23-20(25)17-4-2-1-3-5-17/h1-6,9-10,13,15-16H,7-8,11-12H2. The van der Waals surface area contributed by atoms with E-state index < -0.39 is 0 Å². The first kappa shape index (κ1) is 15.4. The van der Waals surface area contributed by atoms with Gasteiger partial charge in [0.05, 0.1) is 23.6 Å². The van der Waals surface area contributed by atoms with Crippen LogP contribution in [-0.2, 0) is 0 Å². The number of hydrogen-bond acceptors (Lipinski definition) is 4. The maximum absolute atomic E-state index is 9.12. The summed E-state index contributed by atoms with van der Waals surface area (Å²) in [6.45, 7) is 1.79. The Labute approximate surface area is 147 Å². The molecule has 0 atom stereocenters. The van der Waals surface area contributed by atoms with Crippen LogP contribution in [0.2, 0.25) is 0 Å². The molecule has 1 aromatic carbocycles. The Morgan fingerprint density at radius 2 is 1.80 bits per heavy atom. The van der Waals surface area contributed by atoms with E-state index in [9.17, 15) is 0 Å². The predicted molar refractivity (Wildman–Crippen MR) is 97.3 cm³/mol. The van der Waals surface area contributed by atoms with E-state index >= 15 is 0 Å². The van der Waals surface area contributed by atoms with Crippen molar-refractivity contribution in [1.29, 1.82) is 5.26 Å². The highest BCUT2D eigenvalue weighted by Gasteiger charge is 2.22. The lowest BCUT2D eigenvalue weighted by Crippen LogP contribution is -2.34. The Balaban J connectivity index is 1.72. The third kappa shape index (κ3) is 2.99. The van der Waals surface area contributed by atoms with Gasteiger partial charge in [0.2, 0.25) is 0 Å². The quantitative estimate of drug-likeness (QED) is 0.735. The van der Waals surface area contributed by atoms with Crippen molar-refractivity contribution < 1.29 is 0 Å². The van der Waals surface area contributed by atoms with Crippen LogP contribution < -0.4 is 4.90 Å². The van der Waals surface area contributed by atoms with E-state index in [2.05, 4.69) is 43.7 Å². The molecule has 3 aromatic rings.